The van der Waals surface area contributed by atoms with Crippen LogP contribution in [0.25, 0.3) is 0 Å². The Kier molecular flexibility index (Phi) is 4.83. The summed E-state index contributed by atoms with van der Waals surface area (Å²) in [5.74, 6) is -2.12. The largest absolute Gasteiger partial charge is 0.478 e. The zero-order valence-electron chi connectivity index (χ0n) is 12.2. The van der Waals surface area contributed by atoms with E-state index in [4.69, 9.17) is 5.11 Å². The zero-order valence-corrected chi connectivity index (χ0v) is 12.2. The van der Waals surface area contributed by atoms with Crippen molar-refractivity contribution in [2.45, 2.75) is 31.1 Å². The van der Waals surface area contributed by atoms with Gasteiger partial charge in [0.15, 0.2) is 0 Å². The van der Waals surface area contributed by atoms with Crippen molar-refractivity contribution in [3.05, 3.63) is 34.9 Å². The molecule has 4 N–H and O–H groups in total. The Labute approximate surface area is 128 Å². The molecule has 1 fully saturated rings. The van der Waals surface area contributed by atoms with Crippen LogP contribution >= 0.6 is 0 Å². The Hall–Kier alpha value is -1.92. The highest BCUT2D eigenvalue weighted by molar-refractivity contribution is 5.93. The minimum atomic E-state index is -1.14. The Balaban J connectivity index is 2.49. The van der Waals surface area contributed by atoms with Crippen molar-refractivity contribution in [1.82, 2.24) is 0 Å². The maximum absolute atomic E-state index is 11.5. The number of benzene rings is 1. The van der Waals surface area contributed by atoms with Crippen molar-refractivity contribution in [3.63, 3.8) is 0 Å². The van der Waals surface area contributed by atoms with E-state index < -0.39 is 17.4 Å². The van der Waals surface area contributed by atoms with Crippen LogP contribution in [0.4, 0.5) is 0 Å². The molecule has 6 heteroatoms. The summed E-state index contributed by atoms with van der Waals surface area (Å²) in [5, 5.41) is 37.6. The first-order valence-corrected chi connectivity index (χ1v) is 7.26. The van der Waals surface area contributed by atoms with E-state index >= 15 is 0 Å². The molecule has 1 aliphatic rings. The highest BCUT2D eigenvalue weighted by Gasteiger charge is 2.39. The molecule has 0 heterocycles. The van der Waals surface area contributed by atoms with Crippen LogP contribution < -0.4 is 0 Å². The molecular weight excluding hydrogens is 288 g/mol. The zero-order chi connectivity index (χ0) is 16.3. The summed E-state index contributed by atoms with van der Waals surface area (Å²) >= 11 is 0. The quantitative estimate of drug-likeness (QED) is 0.655. The molecule has 0 aromatic heterocycles. The van der Waals surface area contributed by atoms with Gasteiger partial charge in [0.05, 0.1) is 17.7 Å². The SMILES string of the molecule is O=C(O)c1ccc(C(=O)O)c(C2(CO)CCC(CO)CC2)c1. The summed E-state index contributed by atoms with van der Waals surface area (Å²) in [6, 6.07) is 3.91. The molecule has 1 aromatic carbocycles. The van der Waals surface area contributed by atoms with Crippen molar-refractivity contribution in [2.24, 2.45) is 5.92 Å². The van der Waals surface area contributed by atoms with Gasteiger partial charge >= 0.3 is 11.9 Å². The monoisotopic (exact) mass is 308 g/mol. The minimum absolute atomic E-state index is 0.0112. The summed E-state index contributed by atoms with van der Waals surface area (Å²) < 4.78 is 0. The summed E-state index contributed by atoms with van der Waals surface area (Å²) in [4.78, 5) is 22.6. The third-order valence-corrected chi connectivity index (χ3v) is 4.69. The van der Waals surface area contributed by atoms with Crippen LogP contribution in [0.2, 0.25) is 0 Å². The van der Waals surface area contributed by atoms with Crippen LogP contribution in [0, 0.1) is 5.92 Å². The molecule has 0 bridgehead atoms. The van der Waals surface area contributed by atoms with Crippen LogP contribution in [0.3, 0.4) is 0 Å². The van der Waals surface area contributed by atoms with Gasteiger partial charge < -0.3 is 20.4 Å². The number of aliphatic hydroxyl groups excluding tert-OH is 2. The molecule has 6 nitrogen and oxygen atoms in total. The first-order valence-electron chi connectivity index (χ1n) is 7.26. The lowest BCUT2D eigenvalue weighted by Crippen LogP contribution is -2.37. The lowest BCUT2D eigenvalue weighted by atomic mass is 9.66. The summed E-state index contributed by atoms with van der Waals surface area (Å²) in [7, 11) is 0. The van der Waals surface area contributed by atoms with Gasteiger partial charge in [-0.2, -0.15) is 0 Å². The molecule has 1 saturated carbocycles. The first kappa shape index (κ1) is 16.5. The predicted molar refractivity (Wildman–Crippen MR) is 78.2 cm³/mol. The number of aliphatic hydroxyl groups is 2. The number of hydrogen-bond donors (Lipinski definition) is 4. The molecule has 1 aliphatic carbocycles. The number of rotatable bonds is 5. The average Bonchev–Trinajstić information content (AvgIpc) is 2.54. The molecule has 0 spiro atoms. The number of carbonyl (C=O) groups is 2. The van der Waals surface area contributed by atoms with Gasteiger partial charge in [-0.3, -0.25) is 0 Å². The lowest BCUT2D eigenvalue weighted by Gasteiger charge is -2.39. The molecule has 0 aliphatic heterocycles. The molecule has 0 amide bonds. The topological polar surface area (TPSA) is 115 Å². The first-order chi connectivity index (χ1) is 10.4. The maximum Gasteiger partial charge on any atom is 0.335 e. The van der Waals surface area contributed by atoms with E-state index in [2.05, 4.69) is 0 Å². The summed E-state index contributed by atoms with van der Waals surface area (Å²) in [6.07, 6.45) is 2.40. The molecule has 0 radical (unpaired) electrons. The fourth-order valence-electron chi connectivity index (χ4n) is 3.23. The molecule has 0 unspecified atom stereocenters. The van der Waals surface area contributed by atoms with Crippen LogP contribution in [-0.4, -0.2) is 45.6 Å². The van der Waals surface area contributed by atoms with Crippen LogP contribution in [-0.2, 0) is 5.41 Å². The van der Waals surface area contributed by atoms with Gasteiger partial charge in [-0.15, -0.1) is 0 Å². The second kappa shape index (κ2) is 6.46. The van der Waals surface area contributed by atoms with Gasteiger partial charge in [-0.25, -0.2) is 9.59 Å². The fourth-order valence-corrected chi connectivity index (χ4v) is 3.23. The predicted octanol–water partition coefficient (Wildman–Crippen LogP) is 1.50. The normalized spacial score (nSPS) is 24.9. The highest BCUT2D eigenvalue weighted by Crippen LogP contribution is 2.42. The number of aromatic carboxylic acids is 2. The highest BCUT2D eigenvalue weighted by atomic mass is 16.4. The molecule has 0 atom stereocenters. The minimum Gasteiger partial charge on any atom is -0.478 e. The Morgan fingerprint density at radius 3 is 2.18 bits per heavy atom. The van der Waals surface area contributed by atoms with Gasteiger partial charge in [0, 0.05) is 12.0 Å². The Morgan fingerprint density at radius 2 is 1.73 bits per heavy atom. The molecule has 120 valence electrons. The van der Waals surface area contributed by atoms with E-state index in [0.29, 0.717) is 31.2 Å². The lowest BCUT2D eigenvalue weighted by molar-refractivity contribution is 0.0669. The Bertz CT molecular complexity index is 572. The van der Waals surface area contributed by atoms with Gasteiger partial charge in [0.1, 0.15) is 0 Å². The van der Waals surface area contributed by atoms with Crippen molar-refractivity contribution in [1.29, 1.82) is 0 Å². The molecule has 22 heavy (non-hydrogen) atoms. The van der Waals surface area contributed by atoms with Crippen LogP contribution in [0.15, 0.2) is 18.2 Å². The molecular formula is C16H20O6. The smallest absolute Gasteiger partial charge is 0.335 e. The standard InChI is InChI=1S/C16H20O6/c17-8-10-3-5-16(9-18,6-4-10)13-7-11(14(19)20)1-2-12(13)15(21)22/h1-2,7,10,17-18H,3-6,8-9H2,(H,19,20)(H,21,22). The Morgan fingerprint density at radius 1 is 1.09 bits per heavy atom. The molecule has 1 aromatic rings. The second-order valence-electron chi connectivity index (χ2n) is 5.94. The van der Waals surface area contributed by atoms with Crippen LogP contribution in [0.1, 0.15) is 52.0 Å². The third kappa shape index (κ3) is 2.98. The fraction of sp³-hybridized carbons (Fsp3) is 0.500. The molecule has 2 rings (SSSR count). The number of hydrogen-bond acceptors (Lipinski definition) is 4. The van der Waals surface area contributed by atoms with E-state index in [-0.39, 0.29) is 30.3 Å². The van der Waals surface area contributed by atoms with E-state index in [1.54, 1.807) is 0 Å². The van der Waals surface area contributed by atoms with Crippen molar-refractivity contribution < 1.29 is 30.0 Å². The molecule has 0 saturated heterocycles. The van der Waals surface area contributed by atoms with Crippen molar-refractivity contribution in [3.8, 4) is 0 Å². The van der Waals surface area contributed by atoms with Gasteiger partial charge in [-0.05, 0) is 55.4 Å². The van der Waals surface area contributed by atoms with Crippen molar-refractivity contribution in [2.75, 3.05) is 13.2 Å². The number of carboxylic acids is 2. The number of carboxylic acid groups (broad SMARTS) is 2. The van der Waals surface area contributed by atoms with Crippen LogP contribution in [0.5, 0.6) is 0 Å². The van der Waals surface area contributed by atoms with Gasteiger partial charge in [0.25, 0.3) is 0 Å². The van der Waals surface area contributed by atoms with E-state index in [0.717, 1.165) is 0 Å². The van der Waals surface area contributed by atoms with E-state index in [9.17, 15) is 24.9 Å². The summed E-state index contributed by atoms with van der Waals surface area (Å²) in [5.41, 5.74) is -0.345. The summed E-state index contributed by atoms with van der Waals surface area (Å²) in [6.45, 7) is -0.170. The van der Waals surface area contributed by atoms with Gasteiger partial charge in [-0.1, -0.05) is 0 Å². The average molecular weight is 308 g/mol. The maximum atomic E-state index is 11.5. The van der Waals surface area contributed by atoms with E-state index in [1.165, 1.54) is 18.2 Å². The van der Waals surface area contributed by atoms with E-state index in [1.807, 2.05) is 0 Å². The third-order valence-electron chi connectivity index (χ3n) is 4.69. The van der Waals surface area contributed by atoms with Gasteiger partial charge in [0.2, 0.25) is 0 Å². The second-order valence-corrected chi connectivity index (χ2v) is 5.94. The van der Waals surface area contributed by atoms with Crippen molar-refractivity contribution >= 4 is 11.9 Å².